The first-order valence-corrected chi connectivity index (χ1v) is 12.0. The smallest absolute Gasteiger partial charge is 0.332 e. The van der Waals surface area contributed by atoms with Gasteiger partial charge in [0.1, 0.15) is 17.8 Å². The van der Waals surface area contributed by atoms with Crippen molar-refractivity contribution in [2.75, 3.05) is 39.2 Å². The van der Waals surface area contributed by atoms with Crippen molar-refractivity contribution in [1.82, 2.24) is 28.6 Å². The van der Waals surface area contributed by atoms with E-state index in [1.807, 2.05) is 19.0 Å². The maximum absolute atomic E-state index is 13.6. The van der Waals surface area contributed by atoms with Crippen LogP contribution < -0.4 is 20.9 Å². The van der Waals surface area contributed by atoms with Gasteiger partial charge in [-0.1, -0.05) is 22.9 Å². The Labute approximate surface area is 209 Å². The normalized spacial score (nSPS) is 11.6. The molecule has 1 aromatic carbocycles. The van der Waals surface area contributed by atoms with Crippen LogP contribution in [-0.2, 0) is 25.4 Å². The first kappa shape index (κ1) is 24.9. The number of hydrogen-bond acceptors (Lipinski definition) is 8. The van der Waals surface area contributed by atoms with Crippen LogP contribution in [0.25, 0.3) is 21.4 Å². The minimum Gasteiger partial charge on any atom is -0.494 e. The highest BCUT2D eigenvalue weighted by Gasteiger charge is 2.24. The van der Waals surface area contributed by atoms with Crippen LogP contribution >= 0.6 is 22.9 Å². The van der Waals surface area contributed by atoms with Crippen molar-refractivity contribution in [3.8, 4) is 5.75 Å². The molecule has 0 atom stereocenters. The number of rotatable bonds is 8. The lowest BCUT2D eigenvalue weighted by Crippen LogP contribution is -2.39. The van der Waals surface area contributed by atoms with E-state index in [2.05, 4.69) is 9.97 Å². The van der Waals surface area contributed by atoms with Gasteiger partial charge in [0, 0.05) is 20.6 Å². The predicted molar refractivity (Wildman–Crippen MR) is 137 cm³/mol. The van der Waals surface area contributed by atoms with E-state index >= 15 is 0 Å². The molecule has 4 aromatic rings. The van der Waals surface area contributed by atoms with Crippen LogP contribution in [0.4, 0.5) is 5.13 Å². The Hall–Kier alpha value is -3.22. The highest BCUT2D eigenvalue weighted by atomic mass is 35.5. The summed E-state index contributed by atoms with van der Waals surface area (Å²) in [5.41, 5.74) is 0.00267. The zero-order chi connectivity index (χ0) is 25.4. The van der Waals surface area contributed by atoms with E-state index < -0.39 is 11.2 Å². The molecule has 35 heavy (non-hydrogen) atoms. The summed E-state index contributed by atoms with van der Waals surface area (Å²) in [7, 11) is 8.42. The Morgan fingerprint density at radius 3 is 2.60 bits per heavy atom. The van der Waals surface area contributed by atoms with Gasteiger partial charge in [-0.2, -0.15) is 0 Å². The van der Waals surface area contributed by atoms with Gasteiger partial charge in [0.25, 0.3) is 5.56 Å². The average Bonchev–Trinajstić information content (AvgIpc) is 3.45. The largest absolute Gasteiger partial charge is 0.494 e. The van der Waals surface area contributed by atoms with Gasteiger partial charge in [0.15, 0.2) is 16.3 Å². The number of benzene rings is 1. The topological polar surface area (TPSA) is 107 Å². The van der Waals surface area contributed by atoms with Crippen molar-refractivity contribution in [3.05, 3.63) is 44.3 Å². The second-order valence-electron chi connectivity index (χ2n) is 8.38. The summed E-state index contributed by atoms with van der Waals surface area (Å²) in [4.78, 5) is 51.1. The first-order chi connectivity index (χ1) is 16.6. The van der Waals surface area contributed by atoms with E-state index in [1.165, 1.54) is 40.9 Å². The van der Waals surface area contributed by atoms with E-state index in [0.29, 0.717) is 34.4 Å². The molecular formula is C22H26ClN7O4S. The minimum atomic E-state index is -0.510. The fourth-order valence-corrected chi connectivity index (χ4v) is 5.14. The number of anilines is 1. The molecule has 0 radical (unpaired) electrons. The average molecular weight is 520 g/mol. The maximum atomic E-state index is 13.6. The highest BCUT2D eigenvalue weighted by molar-refractivity contribution is 7.23. The number of thiazole rings is 1. The number of amides is 1. The number of carbonyl (C=O) groups excluding carboxylic acids is 1. The van der Waals surface area contributed by atoms with Crippen molar-refractivity contribution >= 4 is 55.4 Å². The molecule has 4 rings (SSSR count). The number of imidazole rings is 1. The van der Waals surface area contributed by atoms with Gasteiger partial charge in [-0.3, -0.25) is 23.6 Å². The zero-order valence-electron chi connectivity index (χ0n) is 20.1. The number of aromatic nitrogens is 5. The minimum absolute atomic E-state index is 0.146. The third-order valence-electron chi connectivity index (χ3n) is 5.71. The molecule has 0 N–H and O–H groups in total. The molecule has 186 valence electrons. The van der Waals surface area contributed by atoms with Crippen molar-refractivity contribution < 1.29 is 9.53 Å². The quantitative estimate of drug-likeness (QED) is 0.348. The number of aryl methyl sites for hydroxylation is 1. The predicted octanol–water partition coefficient (Wildman–Crippen LogP) is 1.69. The summed E-state index contributed by atoms with van der Waals surface area (Å²) in [5.74, 6) is 0.297. The molecule has 1 amide bonds. The lowest BCUT2D eigenvalue weighted by Gasteiger charge is -2.21. The van der Waals surface area contributed by atoms with Crippen molar-refractivity contribution in [3.63, 3.8) is 0 Å². The molecule has 3 aromatic heterocycles. The monoisotopic (exact) mass is 519 g/mol. The van der Waals surface area contributed by atoms with E-state index in [1.54, 1.807) is 24.1 Å². The number of nitrogens with zero attached hydrogens (tertiary/aromatic N) is 7. The van der Waals surface area contributed by atoms with E-state index in [4.69, 9.17) is 16.3 Å². The van der Waals surface area contributed by atoms with Crippen LogP contribution in [-0.4, -0.2) is 68.8 Å². The molecule has 0 aliphatic heterocycles. The van der Waals surface area contributed by atoms with E-state index in [9.17, 15) is 14.4 Å². The number of ether oxygens (including phenoxy) is 1. The number of carbonyl (C=O) groups is 1. The number of fused-ring (bicyclic) bond motifs is 2. The highest BCUT2D eigenvalue weighted by Crippen LogP contribution is 2.38. The summed E-state index contributed by atoms with van der Waals surface area (Å²) in [6, 6.07) is 3.48. The second-order valence-corrected chi connectivity index (χ2v) is 9.76. The molecule has 0 aliphatic rings. The van der Waals surface area contributed by atoms with E-state index in [0.717, 1.165) is 15.8 Å². The maximum Gasteiger partial charge on any atom is 0.332 e. The van der Waals surface area contributed by atoms with Gasteiger partial charge in [0.05, 0.1) is 23.2 Å². The summed E-state index contributed by atoms with van der Waals surface area (Å²) < 4.78 is 9.91. The van der Waals surface area contributed by atoms with Gasteiger partial charge < -0.3 is 14.2 Å². The Kier molecular flexibility index (Phi) is 6.97. The summed E-state index contributed by atoms with van der Waals surface area (Å²) >= 11 is 7.70. The van der Waals surface area contributed by atoms with Crippen LogP contribution in [0.3, 0.4) is 0 Å². The van der Waals surface area contributed by atoms with Crippen molar-refractivity contribution in [1.29, 1.82) is 0 Å². The molecule has 13 heteroatoms. The fourth-order valence-electron chi connectivity index (χ4n) is 3.84. The molecule has 0 saturated heterocycles. The number of halogens is 1. The van der Waals surface area contributed by atoms with Crippen LogP contribution in [0.15, 0.2) is 28.0 Å². The van der Waals surface area contributed by atoms with Crippen LogP contribution in [0, 0.1) is 0 Å². The van der Waals surface area contributed by atoms with Crippen molar-refractivity contribution in [2.24, 2.45) is 14.1 Å². The van der Waals surface area contributed by atoms with Crippen molar-refractivity contribution in [2.45, 2.75) is 13.0 Å². The Balaban J connectivity index is 1.75. The Bertz CT molecular complexity index is 1530. The number of methoxy groups -OCH3 is 1. The Morgan fingerprint density at radius 2 is 1.91 bits per heavy atom. The van der Waals surface area contributed by atoms with Crippen LogP contribution in [0.5, 0.6) is 5.75 Å². The molecule has 0 saturated carbocycles. The van der Waals surface area contributed by atoms with Crippen LogP contribution in [0.1, 0.15) is 6.42 Å². The molecule has 3 heterocycles. The van der Waals surface area contributed by atoms with E-state index in [-0.39, 0.29) is 23.6 Å². The van der Waals surface area contributed by atoms with Gasteiger partial charge >= 0.3 is 5.69 Å². The lowest BCUT2D eigenvalue weighted by molar-refractivity contribution is -0.119. The van der Waals surface area contributed by atoms with Crippen LogP contribution in [0.2, 0.25) is 5.02 Å². The summed E-state index contributed by atoms with van der Waals surface area (Å²) in [6.45, 7) is 1.04. The Morgan fingerprint density at radius 1 is 1.17 bits per heavy atom. The molecule has 0 spiro atoms. The zero-order valence-corrected chi connectivity index (χ0v) is 21.7. The molecule has 0 bridgehead atoms. The molecule has 11 nitrogen and oxygen atoms in total. The third-order valence-corrected chi connectivity index (χ3v) is 7.25. The molecule has 0 aliphatic carbocycles. The molecular weight excluding hydrogens is 494 g/mol. The van der Waals surface area contributed by atoms with Gasteiger partial charge in [0.2, 0.25) is 5.91 Å². The summed E-state index contributed by atoms with van der Waals surface area (Å²) in [5, 5.41) is 1.01. The van der Waals surface area contributed by atoms with Gasteiger partial charge in [-0.25, -0.2) is 14.8 Å². The second kappa shape index (κ2) is 9.80. The lowest BCUT2D eigenvalue weighted by atomic mass is 10.3. The SMILES string of the molecule is COc1ccc(Cl)c2sc(N(CCCN(C)C)C(=O)Cn3cnc4c3c(=O)n(C)c(=O)n4C)nc12. The first-order valence-electron chi connectivity index (χ1n) is 10.8. The third kappa shape index (κ3) is 4.56. The molecule has 0 unspecified atom stereocenters. The molecule has 0 fully saturated rings. The van der Waals surface area contributed by atoms with Gasteiger partial charge in [-0.05, 0) is 39.2 Å². The van der Waals surface area contributed by atoms with Gasteiger partial charge in [-0.15, -0.1) is 0 Å². The number of hydrogen-bond donors (Lipinski definition) is 0. The summed E-state index contributed by atoms with van der Waals surface area (Å²) in [6.07, 6.45) is 2.11. The fraction of sp³-hybridized carbons (Fsp3) is 0.409. The standard InChI is InChI=1S/C22H26ClN7O4S/c1-26(2)9-6-10-30(21-25-16-14(34-5)8-7-13(23)18(16)35-21)15(31)11-29-12-24-19-17(29)20(32)28(4)22(33)27(19)3/h7-8,12H,6,9-11H2,1-5H3.